The number of carbonyl (C=O) groups is 1. The van der Waals surface area contributed by atoms with Gasteiger partial charge < -0.3 is 0 Å². The molecule has 11 heteroatoms. The lowest BCUT2D eigenvalue weighted by Gasteiger charge is -2.25. The first kappa shape index (κ1) is 21.6. The van der Waals surface area contributed by atoms with Gasteiger partial charge in [-0.3, -0.25) is 14.4 Å². The summed E-state index contributed by atoms with van der Waals surface area (Å²) < 4.78 is 28.4. The molecule has 1 N–H and O–H groups in total. The van der Waals surface area contributed by atoms with E-state index in [9.17, 15) is 13.2 Å². The summed E-state index contributed by atoms with van der Waals surface area (Å²) in [6.07, 6.45) is 1.85. The lowest BCUT2D eigenvalue weighted by atomic mass is 10.2. The molecule has 0 saturated carbocycles. The van der Waals surface area contributed by atoms with Crippen molar-refractivity contribution in [1.82, 2.24) is 10.2 Å². The fourth-order valence-corrected chi connectivity index (χ4v) is 5.35. The van der Waals surface area contributed by atoms with Gasteiger partial charge in [-0.1, -0.05) is 59.0 Å². The van der Waals surface area contributed by atoms with Crippen molar-refractivity contribution >= 4 is 61.4 Å². The van der Waals surface area contributed by atoms with Crippen molar-refractivity contribution in [3.8, 4) is 0 Å². The predicted octanol–water partition coefficient (Wildman–Crippen LogP) is 4.06. The van der Waals surface area contributed by atoms with E-state index in [-0.39, 0.29) is 4.90 Å². The number of anilines is 2. The minimum Gasteiger partial charge on any atom is -0.299 e. The first-order chi connectivity index (χ1) is 13.8. The average molecular weight is 469 g/mol. The fourth-order valence-electron chi connectivity index (χ4n) is 2.50. The molecule has 0 atom stereocenters. The first-order valence-corrected chi connectivity index (χ1v) is 12.2. The normalized spacial score (nSPS) is 11.3. The molecule has 0 aliphatic heterocycles. The van der Waals surface area contributed by atoms with Gasteiger partial charge in [0.15, 0.2) is 4.34 Å². The number of benzene rings is 2. The van der Waals surface area contributed by atoms with Crippen LogP contribution in [-0.2, 0) is 14.8 Å². The molecule has 29 heavy (non-hydrogen) atoms. The van der Waals surface area contributed by atoms with Crippen LogP contribution in [0.15, 0.2) is 57.8 Å². The second-order valence-corrected chi connectivity index (χ2v) is 10.2. The van der Waals surface area contributed by atoms with Crippen LogP contribution in [0.25, 0.3) is 0 Å². The van der Waals surface area contributed by atoms with Gasteiger partial charge in [0.2, 0.25) is 11.0 Å². The minimum atomic E-state index is -4.00. The van der Waals surface area contributed by atoms with Crippen LogP contribution in [0.5, 0.6) is 0 Å². The highest BCUT2D eigenvalue weighted by molar-refractivity contribution is 8.00. The van der Waals surface area contributed by atoms with Gasteiger partial charge >= 0.3 is 0 Å². The Morgan fingerprint density at radius 2 is 1.93 bits per heavy atom. The Hall–Kier alpha value is -2.14. The van der Waals surface area contributed by atoms with E-state index in [0.29, 0.717) is 25.7 Å². The van der Waals surface area contributed by atoms with E-state index in [1.54, 1.807) is 37.3 Å². The SMILES string of the molecule is CSc1nnc(NC(=O)CN(c2cc(Cl)ccc2C)S(=O)(=O)c2ccccc2)s1. The maximum absolute atomic E-state index is 13.3. The van der Waals surface area contributed by atoms with E-state index >= 15 is 0 Å². The quantitative estimate of drug-likeness (QED) is 0.415. The Bertz CT molecular complexity index is 1120. The number of hydrogen-bond acceptors (Lipinski definition) is 7. The van der Waals surface area contributed by atoms with E-state index in [1.807, 2.05) is 6.26 Å². The molecule has 0 radical (unpaired) electrons. The standard InChI is InChI=1S/C18H17ClN4O3S3/c1-12-8-9-13(19)10-15(12)23(29(25,26)14-6-4-3-5-7-14)11-16(24)20-17-21-22-18(27-2)28-17/h3-10H,11H2,1-2H3,(H,20,21,24). The number of rotatable bonds is 7. The van der Waals surface area contributed by atoms with Crippen molar-refractivity contribution in [2.75, 3.05) is 22.4 Å². The number of nitrogens with one attached hydrogen (secondary N) is 1. The van der Waals surface area contributed by atoms with Crippen LogP contribution in [0.2, 0.25) is 5.02 Å². The molecular formula is C18H17ClN4O3S3. The molecule has 0 unspecified atom stereocenters. The summed E-state index contributed by atoms with van der Waals surface area (Å²) >= 11 is 8.72. The summed E-state index contributed by atoms with van der Waals surface area (Å²) in [4.78, 5) is 12.7. The second kappa shape index (κ2) is 9.12. The number of carbonyl (C=O) groups excluding carboxylic acids is 1. The maximum atomic E-state index is 13.3. The third kappa shape index (κ3) is 5.08. The Kier molecular flexibility index (Phi) is 6.78. The van der Waals surface area contributed by atoms with Crippen molar-refractivity contribution in [3.05, 3.63) is 59.1 Å². The first-order valence-electron chi connectivity index (χ1n) is 8.32. The second-order valence-electron chi connectivity index (χ2n) is 5.88. The average Bonchev–Trinajstić information content (AvgIpc) is 3.16. The Morgan fingerprint density at radius 1 is 1.21 bits per heavy atom. The van der Waals surface area contributed by atoms with Gasteiger partial charge in [0.25, 0.3) is 10.0 Å². The number of amides is 1. The van der Waals surface area contributed by atoms with Crippen molar-refractivity contribution in [1.29, 1.82) is 0 Å². The number of aryl methyl sites for hydroxylation is 1. The predicted molar refractivity (Wildman–Crippen MR) is 117 cm³/mol. The summed E-state index contributed by atoms with van der Waals surface area (Å²) in [6.45, 7) is 1.32. The highest BCUT2D eigenvalue weighted by Gasteiger charge is 2.28. The van der Waals surface area contributed by atoms with Crippen LogP contribution in [0, 0.1) is 6.92 Å². The number of sulfonamides is 1. The summed E-state index contributed by atoms with van der Waals surface area (Å²) in [7, 11) is -4.00. The van der Waals surface area contributed by atoms with Gasteiger partial charge in [-0.2, -0.15) is 0 Å². The largest absolute Gasteiger partial charge is 0.299 e. The molecule has 7 nitrogen and oxygen atoms in total. The van der Waals surface area contributed by atoms with Crippen LogP contribution >= 0.6 is 34.7 Å². The zero-order valence-electron chi connectivity index (χ0n) is 15.5. The number of nitrogens with zero attached hydrogens (tertiary/aromatic N) is 3. The van der Waals surface area contributed by atoms with E-state index in [4.69, 9.17) is 11.6 Å². The third-order valence-corrected chi connectivity index (χ3v) is 7.71. The van der Waals surface area contributed by atoms with Gasteiger partial charge in [-0.25, -0.2) is 8.42 Å². The molecule has 2 aromatic carbocycles. The Balaban J connectivity index is 1.96. The number of thioether (sulfide) groups is 1. The summed E-state index contributed by atoms with van der Waals surface area (Å²) in [6, 6.07) is 12.8. The lowest BCUT2D eigenvalue weighted by Crippen LogP contribution is -2.38. The molecule has 0 aliphatic carbocycles. The van der Waals surface area contributed by atoms with Crippen molar-refractivity contribution < 1.29 is 13.2 Å². The van der Waals surface area contributed by atoms with Crippen molar-refractivity contribution in [2.24, 2.45) is 0 Å². The number of halogens is 1. The molecule has 3 aromatic rings. The van der Waals surface area contributed by atoms with E-state index in [2.05, 4.69) is 15.5 Å². The molecule has 1 amide bonds. The summed E-state index contributed by atoms with van der Waals surface area (Å²) in [5, 5.41) is 11.1. The highest BCUT2D eigenvalue weighted by atomic mass is 35.5. The van der Waals surface area contributed by atoms with Gasteiger partial charge in [-0.15, -0.1) is 10.2 Å². The minimum absolute atomic E-state index is 0.0766. The van der Waals surface area contributed by atoms with Gasteiger partial charge in [0.05, 0.1) is 10.6 Å². The topological polar surface area (TPSA) is 92.3 Å². The van der Waals surface area contributed by atoms with Crippen molar-refractivity contribution in [2.45, 2.75) is 16.2 Å². The monoisotopic (exact) mass is 468 g/mol. The molecule has 1 heterocycles. The van der Waals surface area contributed by atoms with Crippen molar-refractivity contribution in [3.63, 3.8) is 0 Å². The third-order valence-electron chi connectivity index (χ3n) is 3.89. The molecule has 152 valence electrons. The van der Waals surface area contributed by atoms with Gasteiger partial charge in [-0.05, 0) is 43.0 Å². The maximum Gasteiger partial charge on any atom is 0.264 e. The van der Waals surface area contributed by atoms with Gasteiger partial charge in [0.1, 0.15) is 6.54 Å². The summed E-state index contributed by atoms with van der Waals surface area (Å²) in [5.74, 6) is -0.535. The van der Waals surface area contributed by atoms with E-state index < -0.39 is 22.5 Å². The lowest BCUT2D eigenvalue weighted by molar-refractivity contribution is -0.114. The molecule has 0 saturated heterocycles. The van der Waals surface area contributed by atoms with E-state index in [1.165, 1.54) is 41.3 Å². The van der Waals surface area contributed by atoms with Crippen LogP contribution < -0.4 is 9.62 Å². The van der Waals surface area contributed by atoms with Crippen LogP contribution in [0.1, 0.15) is 5.56 Å². The van der Waals surface area contributed by atoms with Gasteiger partial charge in [0, 0.05) is 5.02 Å². The Labute approximate surface area is 182 Å². The smallest absolute Gasteiger partial charge is 0.264 e. The zero-order chi connectivity index (χ0) is 21.0. The zero-order valence-corrected chi connectivity index (χ0v) is 18.7. The summed E-state index contributed by atoms with van der Waals surface area (Å²) in [5.41, 5.74) is 1.00. The molecule has 0 bridgehead atoms. The Morgan fingerprint density at radius 3 is 2.59 bits per heavy atom. The molecule has 3 rings (SSSR count). The molecule has 0 spiro atoms. The molecular weight excluding hydrogens is 452 g/mol. The molecule has 0 aliphatic rings. The van der Waals surface area contributed by atoms with Crippen LogP contribution in [0.3, 0.4) is 0 Å². The highest BCUT2D eigenvalue weighted by Crippen LogP contribution is 2.30. The van der Waals surface area contributed by atoms with Crippen LogP contribution in [-0.4, -0.2) is 37.3 Å². The number of aromatic nitrogens is 2. The van der Waals surface area contributed by atoms with Crippen LogP contribution in [0.4, 0.5) is 10.8 Å². The van der Waals surface area contributed by atoms with E-state index in [0.717, 1.165) is 4.31 Å². The fraction of sp³-hybridized carbons (Fsp3) is 0.167. The number of hydrogen-bond donors (Lipinski definition) is 1. The molecule has 1 aromatic heterocycles. The molecule has 0 fully saturated rings.